The fourth-order valence-corrected chi connectivity index (χ4v) is 3.89. The van der Waals surface area contributed by atoms with Gasteiger partial charge in [0.05, 0.1) is 13.2 Å². The number of hydrogen-bond donors (Lipinski definition) is 0. The van der Waals surface area contributed by atoms with Gasteiger partial charge >= 0.3 is 5.97 Å². The summed E-state index contributed by atoms with van der Waals surface area (Å²) in [7, 11) is 1.34. The number of rotatable bonds is 8. The Balaban J connectivity index is 2.42. The Bertz CT molecular complexity index is 744. The van der Waals surface area contributed by atoms with Crippen molar-refractivity contribution < 1.29 is 19.1 Å². The summed E-state index contributed by atoms with van der Waals surface area (Å²) in [6, 6.07) is -0.386. The summed E-state index contributed by atoms with van der Waals surface area (Å²) in [5.74, 6) is -0.270. The van der Waals surface area contributed by atoms with Crippen LogP contribution in [0.3, 0.4) is 0 Å². The number of ketones is 1. The number of esters is 1. The molecule has 1 unspecified atom stereocenters. The first-order chi connectivity index (χ1) is 12.6. The summed E-state index contributed by atoms with van der Waals surface area (Å²) in [5.41, 5.74) is 2.33. The second-order valence-electron chi connectivity index (χ2n) is 7.84. The lowest BCUT2D eigenvalue weighted by Crippen LogP contribution is -2.45. The van der Waals surface area contributed by atoms with E-state index in [-0.39, 0.29) is 23.7 Å². The van der Waals surface area contributed by atoms with Crippen molar-refractivity contribution in [1.82, 2.24) is 9.47 Å². The molecule has 1 amide bonds. The highest BCUT2D eigenvalue weighted by Crippen LogP contribution is 2.32. The second-order valence-corrected chi connectivity index (χ2v) is 7.84. The number of aromatic nitrogens is 1. The molecular formula is C21H32N2O4. The summed E-state index contributed by atoms with van der Waals surface area (Å²) < 4.78 is 6.73. The van der Waals surface area contributed by atoms with Crippen LogP contribution in [0.5, 0.6) is 0 Å². The SMILES string of the molecule is CCn1c(C)c(C(=O)C(C)N(C(=O)CC(C)C)C2CC2)c(C)c1C(=O)OC. The Hall–Kier alpha value is -2.11. The molecule has 1 atom stereocenters. The van der Waals surface area contributed by atoms with Crippen molar-refractivity contribution in [2.75, 3.05) is 7.11 Å². The molecule has 1 aromatic heterocycles. The van der Waals surface area contributed by atoms with E-state index in [9.17, 15) is 14.4 Å². The Morgan fingerprint density at radius 1 is 1.19 bits per heavy atom. The van der Waals surface area contributed by atoms with E-state index in [2.05, 4.69) is 0 Å². The minimum Gasteiger partial charge on any atom is -0.464 e. The van der Waals surface area contributed by atoms with Gasteiger partial charge in [-0.25, -0.2) is 4.79 Å². The molecule has 1 aliphatic carbocycles. The molecule has 1 saturated carbocycles. The predicted molar refractivity (Wildman–Crippen MR) is 104 cm³/mol. The van der Waals surface area contributed by atoms with Crippen molar-refractivity contribution in [3.8, 4) is 0 Å². The molecule has 2 rings (SSSR count). The highest BCUT2D eigenvalue weighted by atomic mass is 16.5. The third kappa shape index (κ3) is 4.09. The molecule has 0 N–H and O–H groups in total. The quantitative estimate of drug-likeness (QED) is 0.514. The Morgan fingerprint density at radius 3 is 2.22 bits per heavy atom. The Labute approximate surface area is 161 Å². The maximum atomic E-state index is 13.4. The standard InChI is InChI=1S/C21H32N2O4/c1-8-22-14(5)18(13(4)19(22)21(26)27-7)20(25)15(6)23(16-9-10-16)17(24)11-12(2)3/h12,15-16H,8-11H2,1-7H3. The highest BCUT2D eigenvalue weighted by molar-refractivity contribution is 6.06. The molecule has 0 aromatic carbocycles. The topological polar surface area (TPSA) is 68.6 Å². The van der Waals surface area contributed by atoms with Crippen LogP contribution in [0.15, 0.2) is 0 Å². The van der Waals surface area contributed by atoms with Crippen LogP contribution in [-0.2, 0) is 16.1 Å². The first kappa shape index (κ1) is 21.2. The average molecular weight is 376 g/mol. The van der Waals surface area contributed by atoms with Crippen molar-refractivity contribution in [2.24, 2.45) is 5.92 Å². The molecule has 1 aliphatic rings. The van der Waals surface area contributed by atoms with Crippen LogP contribution in [0.1, 0.15) is 79.1 Å². The molecule has 0 radical (unpaired) electrons. The molecule has 27 heavy (non-hydrogen) atoms. The minimum absolute atomic E-state index is 0.0340. The van der Waals surface area contributed by atoms with E-state index in [1.165, 1.54) is 7.11 Å². The molecule has 0 spiro atoms. The van der Waals surface area contributed by atoms with Gasteiger partial charge in [0.15, 0.2) is 5.78 Å². The van der Waals surface area contributed by atoms with E-state index in [1.54, 1.807) is 18.7 Å². The monoisotopic (exact) mass is 376 g/mol. The largest absolute Gasteiger partial charge is 0.464 e. The van der Waals surface area contributed by atoms with E-state index in [1.807, 2.05) is 32.3 Å². The minimum atomic E-state index is -0.542. The average Bonchev–Trinajstić information content (AvgIpc) is 3.38. The fourth-order valence-electron chi connectivity index (χ4n) is 3.89. The number of nitrogens with zero attached hydrogens (tertiary/aromatic N) is 2. The molecular weight excluding hydrogens is 344 g/mol. The van der Waals surface area contributed by atoms with Gasteiger partial charge in [-0.2, -0.15) is 0 Å². The highest BCUT2D eigenvalue weighted by Gasteiger charge is 2.40. The van der Waals surface area contributed by atoms with Crippen molar-refractivity contribution in [3.05, 3.63) is 22.5 Å². The van der Waals surface area contributed by atoms with E-state index in [0.717, 1.165) is 18.5 Å². The van der Waals surface area contributed by atoms with E-state index >= 15 is 0 Å². The van der Waals surface area contributed by atoms with Crippen molar-refractivity contribution in [1.29, 1.82) is 0 Å². The second kappa shape index (κ2) is 8.28. The van der Waals surface area contributed by atoms with Gasteiger partial charge in [0, 0.05) is 30.3 Å². The summed E-state index contributed by atoms with van der Waals surface area (Å²) in [6.45, 7) is 11.9. The third-order valence-corrected chi connectivity index (χ3v) is 5.32. The molecule has 0 aliphatic heterocycles. The fraction of sp³-hybridized carbons (Fsp3) is 0.667. The van der Waals surface area contributed by atoms with Gasteiger partial charge in [-0.15, -0.1) is 0 Å². The molecule has 6 heteroatoms. The molecule has 1 fully saturated rings. The van der Waals surface area contributed by atoms with Gasteiger partial charge in [0.2, 0.25) is 5.91 Å². The number of Topliss-reactive ketones (excluding diaryl/α,β-unsaturated/α-hetero) is 1. The maximum Gasteiger partial charge on any atom is 0.354 e. The van der Waals surface area contributed by atoms with Gasteiger partial charge in [-0.05, 0) is 52.0 Å². The smallest absolute Gasteiger partial charge is 0.354 e. The number of methoxy groups -OCH3 is 1. The zero-order valence-electron chi connectivity index (χ0n) is 17.6. The third-order valence-electron chi connectivity index (χ3n) is 5.32. The lowest BCUT2D eigenvalue weighted by Gasteiger charge is -2.29. The van der Waals surface area contributed by atoms with Gasteiger partial charge in [-0.1, -0.05) is 13.8 Å². The number of carbonyl (C=O) groups is 3. The normalized spacial score (nSPS) is 15.0. The molecule has 0 saturated heterocycles. The van der Waals surface area contributed by atoms with Crippen molar-refractivity contribution in [2.45, 2.75) is 79.4 Å². The van der Waals surface area contributed by atoms with Crippen LogP contribution < -0.4 is 0 Å². The summed E-state index contributed by atoms with van der Waals surface area (Å²) >= 11 is 0. The van der Waals surface area contributed by atoms with Crippen LogP contribution in [0, 0.1) is 19.8 Å². The van der Waals surface area contributed by atoms with Gasteiger partial charge in [-0.3, -0.25) is 9.59 Å². The van der Waals surface area contributed by atoms with E-state index in [4.69, 9.17) is 4.74 Å². The van der Waals surface area contributed by atoms with Gasteiger partial charge < -0.3 is 14.2 Å². The summed E-state index contributed by atoms with van der Waals surface area (Å²) in [6.07, 6.45) is 2.33. The summed E-state index contributed by atoms with van der Waals surface area (Å²) in [4.78, 5) is 40.1. The zero-order valence-corrected chi connectivity index (χ0v) is 17.6. The molecule has 1 aromatic rings. The van der Waals surface area contributed by atoms with Crippen LogP contribution in [0.25, 0.3) is 0 Å². The van der Waals surface area contributed by atoms with Crippen LogP contribution in [-0.4, -0.2) is 46.3 Å². The van der Waals surface area contributed by atoms with Gasteiger partial charge in [0.1, 0.15) is 5.69 Å². The zero-order chi connectivity index (χ0) is 20.5. The maximum absolute atomic E-state index is 13.4. The van der Waals surface area contributed by atoms with Gasteiger partial charge in [0.25, 0.3) is 0 Å². The van der Waals surface area contributed by atoms with Crippen LogP contribution >= 0.6 is 0 Å². The van der Waals surface area contributed by atoms with Crippen molar-refractivity contribution >= 4 is 17.7 Å². The lowest BCUT2D eigenvalue weighted by atomic mass is 9.99. The molecule has 150 valence electrons. The van der Waals surface area contributed by atoms with Crippen LogP contribution in [0.2, 0.25) is 0 Å². The first-order valence-electron chi connectivity index (χ1n) is 9.78. The molecule has 0 bridgehead atoms. The Kier molecular flexibility index (Phi) is 6.50. The number of ether oxygens (including phenoxy) is 1. The Morgan fingerprint density at radius 2 is 1.78 bits per heavy atom. The lowest BCUT2D eigenvalue weighted by molar-refractivity contribution is -0.133. The number of amides is 1. The summed E-state index contributed by atoms with van der Waals surface area (Å²) in [5, 5.41) is 0. The molecule has 1 heterocycles. The van der Waals surface area contributed by atoms with E-state index < -0.39 is 12.0 Å². The van der Waals surface area contributed by atoms with Crippen LogP contribution in [0.4, 0.5) is 0 Å². The first-order valence-corrected chi connectivity index (χ1v) is 9.78. The predicted octanol–water partition coefficient (Wildman–Crippen LogP) is 3.52. The molecule has 6 nitrogen and oxygen atoms in total. The van der Waals surface area contributed by atoms with E-state index in [0.29, 0.717) is 29.8 Å². The number of carbonyl (C=O) groups excluding carboxylic acids is 3. The van der Waals surface area contributed by atoms with Crippen molar-refractivity contribution in [3.63, 3.8) is 0 Å². The number of hydrogen-bond acceptors (Lipinski definition) is 4.